The van der Waals surface area contributed by atoms with E-state index in [0.29, 0.717) is 17.8 Å². The second-order valence-corrected chi connectivity index (χ2v) is 7.14. The molecular formula is C18H22N2O3S. The van der Waals surface area contributed by atoms with Gasteiger partial charge in [0.05, 0.1) is 4.90 Å². The van der Waals surface area contributed by atoms with Gasteiger partial charge in [-0.2, -0.15) is 0 Å². The van der Waals surface area contributed by atoms with Crippen LogP contribution in [-0.2, 0) is 10.0 Å². The first kappa shape index (κ1) is 18.0. The Morgan fingerprint density at radius 2 is 1.62 bits per heavy atom. The van der Waals surface area contributed by atoms with Crippen molar-refractivity contribution in [2.45, 2.75) is 31.1 Å². The quantitative estimate of drug-likeness (QED) is 0.719. The fourth-order valence-corrected chi connectivity index (χ4v) is 3.24. The second kappa shape index (κ2) is 8.49. The average molecular weight is 346 g/mol. The van der Waals surface area contributed by atoms with Gasteiger partial charge in [0, 0.05) is 17.8 Å². The topological polar surface area (TPSA) is 75.3 Å². The highest BCUT2D eigenvalue weighted by molar-refractivity contribution is 7.92. The molecule has 0 spiro atoms. The van der Waals surface area contributed by atoms with E-state index in [2.05, 4.69) is 17.0 Å². The zero-order chi connectivity index (χ0) is 17.4. The number of hydrogen-bond acceptors (Lipinski definition) is 3. The van der Waals surface area contributed by atoms with Crippen molar-refractivity contribution in [1.82, 2.24) is 5.32 Å². The molecule has 0 heterocycles. The minimum absolute atomic E-state index is 0.119. The summed E-state index contributed by atoms with van der Waals surface area (Å²) in [6.07, 6.45) is 3.11. The second-order valence-electron chi connectivity index (χ2n) is 5.46. The molecule has 0 aliphatic rings. The van der Waals surface area contributed by atoms with Gasteiger partial charge in [0.15, 0.2) is 0 Å². The lowest BCUT2D eigenvalue weighted by molar-refractivity contribution is 0.0953. The molecule has 0 radical (unpaired) electrons. The SMILES string of the molecule is CCCCCNC(=O)c1ccc(S(=O)(=O)Nc2ccccc2)cc1. The summed E-state index contributed by atoms with van der Waals surface area (Å²) in [5.74, 6) is -0.189. The fraction of sp³-hybridized carbons (Fsp3) is 0.278. The van der Waals surface area contributed by atoms with E-state index in [1.54, 1.807) is 24.3 Å². The highest BCUT2D eigenvalue weighted by Gasteiger charge is 2.15. The smallest absolute Gasteiger partial charge is 0.261 e. The summed E-state index contributed by atoms with van der Waals surface area (Å²) in [7, 11) is -3.66. The van der Waals surface area contributed by atoms with Crippen LogP contribution in [0.5, 0.6) is 0 Å². The Morgan fingerprint density at radius 1 is 0.958 bits per heavy atom. The van der Waals surface area contributed by atoms with Crippen molar-refractivity contribution in [2.24, 2.45) is 0 Å². The fourth-order valence-electron chi connectivity index (χ4n) is 2.18. The molecule has 0 saturated heterocycles. The van der Waals surface area contributed by atoms with Crippen molar-refractivity contribution < 1.29 is 13.2 Å². The number of rotatable bonds is 8. The van der Waals surface area contributed by atoms with Crippen molar-refractivity contribution >= 4 is 21.6 Å². The van der Waals surface area contributed by atoms with E-state index >= 15 is 0 Å². The summed E-state index contributed by atoms with van der Waals surface area (Å²) in [5.41, 5.74) is 0.945. The third-order valence-electron chi connectivity index (χ3n) is 3.52. The van der Waals surface area contributed by atoms with Crippen LogP contribution in [0.4, 0.5) is 5.69 Å². The van der Waals surface area contributed by atoms with Gasteiger partial charge >= 0.3 is 0 Å². The number of para-hydroxylation sites is 1. The van der Waals surface area contributed by atoms with Gasteiger partial charge in [0.25, 0.3) is 15.9 Å². The van der Waals surface area contributed by atoms with E-state index in [0.717, 1.165) is 19.3 Å². The molecule has 0 unspecified atom stereocenters. The summed E-state index contributed by atoms with van der Waals surface area (Å²) < 4.78 is 27.1. The number of hydrogen-bond donors (Lipinski definition) is 2. The molecule has 1 amide bonds. The minimum atomic E-state index is -3.66. The highest BCUT2D eigenvalue weighted by atomic mass is 32.2. The Labute approximate surface area is 143 Å². The minimum Gasteiger partial charge on any atom is -0.352 e. The van der Waals surface area contributed by atoms with Crippen LogP contribution < -0.4 is 10.0 Å². The maximum atomic E-state index is 12.3. The molecule has 2 aromatic carbocycles. The summed E-state index contributed by atoms with van der Waals surface area (Å²) in [5, 5.41) is 2.83. The lowest BCUT2D eigenvalue weighted by Crippen LogP contribution is -2.24. The van der Waals surface area contributed by atoms with Crippen molar-refractivity contribution in [3.05, 3.63) is 60.2 Å². The van der Waals surface area contributed by atoms with Crippen LogP contribution in [0.25, 0.3) is 0 Å². The number of amides is 1. The van der Waals surface area contributed by atoms with Crippen molar-refractivity contribution in [3.8, 4) is 0 Å². The molecule has 24 heavy (non-hydrogen) atoms. The monoisotopic (exact) mass is 346 g/mol. The van der Waals surface area contributed by atoms with Crippen LogP contribution in [0, 0.1) is 0 Å². The number of benzene rings is 2. The molecule has 0 aliphatic carbocycles. The Kier molecular flexibility index (Phi) is 6.37. The molecule has 128 valence electrons. The zero-order valence-corrected chi connectivity index (χ0v) is 14.5. The van der Waals surface area contributed by atoms with E-state index in [-0.39, 0.29) is 10.8 Å². The van der Waals surface area contributed by atoms with Gasteiger partial charge in [-0.1, -0.05) is 38.0 Å². The molecule has 0 saturated carbocycles. The first-order valence-corrected chi connectivity index (χ1v) is 9.47. The van der Waals surface area contributed by atoms with Gasteiger partial charge in [-0.25, -0.2) is 8.42 Å². The van der Waals surface area contributed by atoms with Crippen molar-refractivity contribution in [2.75, 3.05) is 11.3 Å². The molecule has 2 rings (SSSR count). The number of carbonyl (C=O) groups excluding carboxylic acids is 1. The van der Waals surface area contributed by atoms with Crippen molar-refractivity contribution in [3.63, 3.8) is 0 Å². The number of carbonyl (C=O) groups is 1. The summed E-state index contributed by atoms with van der Waals surface area (Å²) in [6, 6.07) is 14.6. The first-order valence-electron chi connectivity index (χ1n) is 7.99. The van der Waals surface area contributed by atoms with Gasteiger partial charge in [-0.15, -0.1) is 0 Å². The lowest BCUT2D eigenvalue weighted by Gasteiger charge is -2.09. The Balaban J connectivity index is 2.01. The van der Waals surface area contributed by atoms with Gasteiger partial charge in [-0.3, -0.25) is 9.52 Å². The molecule has 0 aromatic heterocycles. The predicted octanol–water partition coefficient (Wildman–Crippen LogP) is 3.41. The van der Waals surface area contributed by atoms with Crippen LogP contribution in [0.15, 0.2) is 59.5 Å². The zero-order valence-electron chi connectivity index (χ0n) is 13.7. The molecule has 2 N–H and O–H groups in total. The standard InChI is InChI=1S/C18H22N2O3S/c1-2-3-7-14-19-18(21)15-10-12-17(13-11-15)24(22,23)20-16-8-5-4-6-9-16/h4-6,8-13,20H,2-3,7,14H2,1H3,(H,19,21). The Bertz CT molecular complexity index is 757. The van der Waals surface area contributed by atoms with Gasteiger partial charge < -0.3 is 5.32 Å². The lowest BCUT2D eigenvalue weighted by atomic mass is 10.2. The van der Waals surface area contributed by atoms with E-state index in [4.69, 9.17) is 0 Å². The number of nitrogens with one attached hydrogen (secondary N) is 2. The van der Waals surface area contributed by atoms with Crippen LogP contribution in [0.2, 0.25) is 0 Å². The number of sulfonamides is 1. The number of anilines is 1. The maximum Gasteiger partial charge on any atom is 0.261 e. The molecule has 0 bridgehead atoms. The van der Waals surface area contributed by atoms with Crippen molar-refractivity contribution in [1.29, 1.82) is 0 Å². The van der Waals surface area contributed by atoms with E-state index in [1.807, 2.05) is 6.07 Å². The molecule has 2 aromatic rings. The van der Waals surface area contributed by atoms with E-state index in [1.165, 1.54) is 24.3 Å². The first-order chi connectivity index (χ1) is 11.5. The summed E-state index contributed by atoms with van der Waals surface area (Å²) in [6.45, 7) is 2.73. The van der Waals surface area contributed by atoms with Crippen LogP contribution >= 0.6 is 0 Å². The van der Waals surface area contributed by atoms with Crippen LogP contribution in [0.1, 0.15) is 36.5 Å². The van der Waals surface area contributed by atoms with Crippen LogP contribution in [-0.4, -0.2) is 20.9 Å². The van der Waals surface area contributed by atoms with E-state index in [9.17, 15) is 13.2 Å². The Morgan fingerprint density at radius 3 is 2.25 bits per heavy atom. The summed E-state index contributed by atoms with van der Waals surface area (Å²) in [4.78, 5) is 12.1. The molecule has 0 aliphatic heterocycles. The largest absolute Gasteiger partial charge is 0.352 e. The predicted molar refractivity (Wildman–Crippen MR) is 95.6 cm³/mol. The third-order valence-corrected chi connectivity index (χ3v) is 4.92. The van der Waals surface area contributed by atoms with Gasteiger partial charge in [0.2, 0.25) is 0 Å². The van der Waals surface area contributed by atoms with Gasteiger partial charge in [0.1, 0.15) is 0 Å². The van der Waals surface area contributed by atoms with Crippen LogP contribution in [0.3, 0.4) is 0 Å². The Hall–Kier alpha value is -2.34. The normalized spacial score (nSPS) is 11.0. The average Bonchev–Trinajstić information content (AvgIpc) is 2.59. The number of unbranched alkanes of at least 4 members (excludes halogenated alkanes) is 2. The van der Waals surface area contributed by atoms with Gasteiger partial charge in [-0.05, 0) is 42.8 Å². The highest BCUT2D eigenvalue weighted by Crippen LogP contribution is 2.16. The third kappa shape index (κ3) is 5.09. The maximum absolute atomic E-state index is 12.3. The molecule has 5 nitrogen and oxygen atoms in total. The summed E-state index contributed by atoms with van der Waals surface area (Å²) >= 11 is 0. The molecule has 6 heteroatoms. The van der Waals surface area contributed by atoms with E-state index < -0.39 is 10.0 Å². The molecule has 0 atom stereocenters. The molecular weight excluding hydrogens is 324 g/mol. The molecule has 0 fully saturated rings.